The van der Waals surface area contributed by atoms with Crippen LogP contribution in [0.2, 0.25) is 0 Å². The number of aryl methyl sites for hydroxylation is 1. The van der Waals surface area contributed by atoms with Crippen LogP contribution in [0.5, 0.6) is 0 Å². The lowest BCUT2D eigenvalue weighted by Gasteiger charge is -2.13. The molecule has 5 nitrogen and oxygen atoms in total. The number of carbonyl (C=O) groups is 1. The van der Waals surface area contributed by atoms with Crippen molar-refractivity contribution in [2.24, 2.45) is 11.7 Å². The predicted molar refractivity (Wildman–Crippen MR) is 64.0 cm³/mol. The quantitative estimate of drug-likeness (QED) is 0.704. The van der Waals surface area contributed by atoms with Crippen LogP contribution in [-0.4, -0.2) is 22.1 Å². The van der Waals surface area contributed by atoms with Crippen molar-refractivity contribution in [2.75, 3.05) is 5.32 Å². The number of aromatic nitrogens is 2. The number of aromatic amines is 1. The third kappa shape index (κ3) is 3.34. The SMILES string of the molecule is CCCc1cc(NC(=O)[C@H](N)C(C)C)n[nH]1. The fraction of sp³-hybridized carbons (Fsp3) is 0.636. The molecule has 0 radical (unpaired) electrons. The van der Waals surface area contributed by atoms with Gasteiger partial charge < -0.3 is 11.1 Å². The van der Waals surface area contributed by atoms with E-state index in [0.717, 1.165) is 18.5 Å². The Morgan fingerprint density at radius 3 is 2.88 bits per heavy atom. The highest BCUT2D eigenvalue weighted by Gasteiger charge is 2.17. The Morgan fingerprint density at radius 2 is 2.31 bits per heavy atom. The first-order valence-corrected chi connectivity index (χ1v) is 5.65. The van der Waals surface area contributed by atoms with Crippen molar-refractivity contribution in [1.29, 1.82) is 0 Å². The second-order valence-corrected chi connectivity index (χ2v) is 4.29. The van der Waals surface area contributed by atoms with Gasteiger partial charge in [0.1, 0.15) is 0 Å². The Morgan fingerprint density at radius 1 is 1.62 bits per heavy atom. The van der Waals surface area contributed by atoms with Gasteiger partial charge in [-0.2, -0.15) is 5.10 Å². The molecule has 0 unspecified atom stereocenters. The number of H-pyrrole nitrogens is 1. The highest BCUT2D eigenvalue weighted by molar-refractivity contribution is 5.94. The third-order valence-electron chi connectivity index (χ3n) is 2.42. The molecule has 0 aliphatic carbocycles. The molecular formula is C11H20N4O. The molecule has 90 valence electrons. The molecule has 4 N–H and O–H groups in total. The third-order valence-corrected chi connectivity index (χ3v) is 2.42. The van der Waals surface area contributed by atoms with E-state index in [9.17, 15) is 4.79 Å². The van der Waals surface area contributed by atoms with E-state index in [4.69, 9.17) is 5.73 Å². The molecule has 0 fully saturated rings. The number of rotatable bonds is 5. The average molecular weight is 224 g/mol. The minimum atomic E-state index is -0.494. The van der Waals surface area contributed by atoms with Gasteiger partial charge in [0, 0.05) is 11.8 Å². The second kappa shape index (κ2) is 5.65. The minimum absolute atomic E-state index is 0.119. The van der Waals surface area contributed by atoms with E-state index in [0.29, 0.717) is 5.82 Å². The standard InChI is InChI=1S/C11H20N4O/c1-4-5-8-6-9(15-14-8)13-11(16)10(12)7(2)3/h6-7,10H,4-5,12H2,1-3H3,(H2,13,14,15,16)/t10-/m1/s1. The normalized spacial score (nSPS) is 12.8. The Balaban J connectivity index is 2.56. The summed E-state index contributed by atoms with van der Waals surface area (Å²) in [5, 5.41) is 9.57. The van der Waals surface area contributed by atoms with Crippen LogP contribution in [0, 0.1) is 5.92 Å². The van der Waals surface area contributed by atoms with Gasteiger partial charge in [-0.3, -0.25) is 9.89 Å². The summed E-state index contributed by atoms with van der Waals surface area (Å²) in [5.41, 5.74) is 6.75. The smallest absolute Gasteiger partial charge is 0.242 e. The fourth-order valence-corrected chi connectivity index (χ4v) is 1.34. The summed E-state index contributed by atoms with van der Waals surface area (Å²) < 4.78 is 0. The molecule has 1 atom stereocenters. The van der Waals surface area contributed by atoms with Crippen LogP contribution in [0.4, 0.5) is 5.82 Å². The average Bonchev–Trinajstić information content (AvgIpc) is 2.65. The molecule has 0 aliphatic heterocycles. The van der Waals surface area contributed by atoms with Gasteiger partial charge in [-0.25, -0.2) is 0 Å². The van der Waals surface area contributed by atoms with Crippen LogP contribution in [0.1, 0.15) is 32.9 Å². The van der Waals surface area contributed by atoms with E-state index >= 15 is 0 Å². The topological polar surface area (TPSA) is 83.8 Å². The van der Waals surface area contributed by atoms with Gasteiger partial charge in [0.05, 0.1) is 6.04 Å². The van der Waals surface area contributed by atoms with E-state index in [1.54, 1.807) is 0 Å². The molecule has 16 heavy (non-hydrogen) atoms. The molecule has 0 saturated heterocycles. The van der Waals surface area contributed by atoms with Gasteiger partial charge in [-0.05, 0) is 12.3 Å². The summed E-state index contributed by atoms with van der Waals surface area (Å²) in [6.45, 7) is 5.92. The Labute approximate surface area is 95.8 Å². The van der Waals surface area contributed by atoms with Crippen molar-refractivity contribution in [2.45, 2.75) is 39.7 Å². The number of hydrogen-bond acceptors (Lipinski definition) is 3. The van der Waals surface area contributed by atoms with Crippen LogP contribution in [-0.2, 0) is 11.2 Å². The number of anilines is 1. The fourth-order valence-electron chi connectivity index (χ4n) is 1.34. The molecule has 1 heterocycles. The van der Waals surface area contributed by atoms with Crippen molar-refractivity contribution >= 4 is 11.7 Å². The zero-order valence-electron chi connectivity index (χ0n) is 10.1. The number of nitrogens with zero attached hydrogens (tertiary/aromatic N) is 1. The molecule has 1 amide bonds. The van der Waals surface area contributed by atoms with Crippen molar-refractivity contribution in [3.63, 3.8) is 0 Å². The largest absolute Gasteiger partial charge is 0.320 e. The van der Waals surface area contributed by atoms with Crippen molar-refractivity contribution in [3.8, 4) is 0 Å². The predicted octanol–water partition coefficient (Wildman–Crippen LogP) is 1.28. The highest BCUT2D eigenvalue weighted by atomic mass is 16.2. The van der Waals surface area contributed by atoms with Gasteiger partial charge >= 0.3 is 0 Å². The number of nitrogens with two attached hydrogens (primary N) is 1. The summed E-state index contributed by atoms with van der Waals surface area (Å²) in [7, 11) is 0. The molecular weight excluding hydrogens is 204 g/mol. The maximum atomic E-state index is 11.6. The van der Waals surface area contributed by atoms with Crippen LogP contribution < -0.4 is 11.1 Å². The van der Waals surface area contributed by atoms with E-state index < -0.39 is 6.04 Å². The molecule has 0 aromatic carbocycles. The maximum absolute atomic E-state index is 11.6. The van der Waals surface area contributed by atoms with E-state index in [-0.39, 0.29) is 11.8 Å². The zero-order valence-corrected chi connectivity index (χ0v) is 10.1. The molecule has 5 heteroatoms. The van der Waals surface area contributed by atoms with E-state index in [2.05, 4.69) is 22.4 Å². The van der Waals surface area contributed by atoms with E-state index in [1.807, 2.05) is 19.9 Å². The Bertz CT molecular complexity index is 346. The lowest BCUT2D eigenvalue weighted by Crippen LogP contribution is -2.39. The number of nitrogens with one attached hydrogen (secondary N) is 2. The lowest BCUT2D eigenvalue weighted by molar-refractivity contribution is -0.118. The second-order valence-electron chi connectivity index (χ2n) is 4.29. The first kappa shape index (κ1) is 12.7. The monoisotopic (exact) mass is 224 g/mol. The molecule has 0 bridgehead atoms. The first-order valence-electron chi connectivity index (χ1n) is 5.65. The summed E-state index contributed by atoms with van der Waals surface area (Å²) in [5.74, 6) is 0.475. The highest BCUT2D eigenvalue weighted by Crippen LogP contribution is 2.08. The molecule has 0 saturated carbocycles. The van der Waals surface area contributed by atoms with Crippen molar-refractivity contribution in [1.82, 2.24) is 10.2 Å². The minimum Gasteiger partial charge on any atom is -0.320 e. The summed E-state index contributed by atoms with van der Waals surface area (Å²) in [6.07, 6.45) is 1.97. The zero-order chi connectivity index (χ0) is 12.1. The Kier molecular flexibility index (Phi) is 4.49. The van der Waals surface area contributed by atoms with Crippen LogP contribution in [0.3, 0.4) is 0 Å². The van der Waals surface area contributed by atoms with Crippen molar-refractivity contribution < 1.29 is 4.79 Å². The van der Waals surface area contributed by atoms with Crippen LogP contribution in [0.15, 0.2) is 6.07 Å². The first-order chi connectivity index (χ1) is 7.54. The van der Waals surface area contributed by atoms with Gasteiger partial charge in [-0.15, -0.1) is 0 Å². The van der Waals surface area contributed by atoms with Gasteiger partial charge in [0.2, 0.25) is 5.91 Å². The number of hydrogen-bond donors (Lipinski definition) is 3. The van der Waals surface area contributed by atoms with Crippen LogP contribution >= 0.6 is 0 Å². The molecule has 0 aliphatic rings. The summed E-state index contributed by atoms with van der Waals surface area (Å²) in [6, 6.07) is 1.35. The maximum Gasteiger partial charge on any atom is 0.242 e. The summed E-state index contributed by atoms with van der Waals surface area (Å²) >= 11 is 0. The van der Waals surface area contributed by atoms with Crippen molar-refractivity contribution in [3.05, 3.63) is 11.8 Å². The van der Waals surface area contributed by atoms with E-state index in [1.165, 1.54) is 0 Å². The van der Waals surface area contributed by atoms with Gasteiger partial charge in [0.25, 0.3) is 0 Å². The number of amides is 1. The number of carbonyl (C=O) groups excluding carboxylic acids is 1. The Hall–Kier alpha value is -1.36. The van der Waals surface area contributed by atoms with Gasteiger partial charge in [0.15, 0.2) is 5.82 Å². The van der Waals surface area contributed by atoms with Gasteiger partial charge in [-0.1, -0.05) is 27.2 Å². The molecule has 1 aromatic heterocycles. The molecule has 0 spiro atoms. The molecule has 1 aromatic rings. The summed E-state index contributed by atoms with van der Waals surface area (Å²) in [4.78, 5) is 11.6. The van der Waals surface area contributed by atoms with Crippen LogP contribution in [0.25, 0.3) is 0 Å². The lowest BCUT2D eigenvalue weighted by atomic mass is 10.1. The molecule has 1 rings (SSSR count).